The first-order valence-electron chi connectivity index (χ1n) is 15.9. The van der Waals surface area contributed by atoms with E-state index in [1.54, 1.807) is 13.0 Å². The molecule has 1 saturated carbocycles. The molecule has 0 bridgehead atoms. The minimum Gasteiger partial charge on any atom is -0.396 e. The molecule has 1 aliphatic heterocycles. The molecule has 0 radical (unpaired) electrons. The van der Waals surface area contributed by atoms with E-state index in [0.717, 1.165) is 24.1 Å². The molecule has 12 heteroatoms. The molecule has 48 heavy (non-hydrogen) atoms. The van der Waals surface area contributed by atoms with Crippen molar-refractivity contribution < 1.29 is 37.0 Å². The van der Waals surface area contributed by atoms with Crippen LogP contribution < -0.4 is 0 Å². The van der Waals surface area contributed by atoms with Crippen LogP contribution >= 0.6 is 23.2 Å². The topological polar surface area (TPSA) is 110 Å². The molecule has 0 spiro atoms. The number of nitrogens with zero attached hydrogens (tertiary/aromatic N) is 1. The number of sulfone groups is 1. The summed E-state index contributed by atoms with van der Waals surface area (Å²) in [6.45, 7) is 6.35. The lowest BCUT2D eigenvalue weighted by Gasteiger charge is -2.32. The van der Waals surface area contributed by atoms with Gasteiger partial charge in [0.25, 0.3) is 0 Å². The summed E-state index contributed by atoms with van der Waals surface area (Å²) in [5, 5.41) is 10.8. The minimum atomic E-state index is -3.69. The molecule has 5 rings (SSSR count). The molecular weight excluding hydrogens is 680 g/mol. The molecule has 8 nitrogen and oxygen atoms in total. The number of benzene rings is 3. The number of aliphatic hydroxyl groups excluding tert-OH is 1. The van der Waals surface area contributed by atoms with E-state index in [0.29, 0.717) is 38.0 Å². The van der Waals surface area contributed by atoms with Crippen LogP contribution in [-0.4, -0.2) is 63.3 Å². The number of amides is 1. The second-order valence-corrected chi connectivity index (χ2v) is 14.7. The maximum atomic E-state index is 15.8. The van der Waals surface area contributed by atoms with E-state index in [9.17, 15) is 23.1 Å². The summed E-state index contributed by atoms with van der Waals surface area (Å²) in [6, 6.07) is 16.5. The van der Waals surface area contributed by atoms with E-state index < -0.39 is 27.3 Å². The van der Waals surface area contributed by atoms with Crippen LogP contribution in [0.25, 0.3) is 0 Å². The van der Waals surface area contributed by atoms with Gasteiger partial charge in [-0.25, -0.2) is 12.8 Å². The fraction of sp³-hybridized carbons (Fsp3) is 0.444. The summed E-state index contributed by atoms with van der Waals surface area (Å²) >= 11 is 11.6. The second-order valence-electron chi connectivity index (χ2n) is 11.9. The van der Waals surface area contributed by atoms with Crippen molar-refractivity contribution in [3.8, 4) is 0 Å². The molecule has 1 heterocycles. The Bertz CT molecular complexity index is 1610. The summed E-state index contributed by atoms with van der Waals surface area (Å²) < 4.78 is 52.1. The van der Waals surface area contributed by atoms with E-state index in [1.165, 1.54) is 29.2 Å². The third-order valence-electron chi connectivity index (χ3n) is 8.25. The Kier molecular flexibility index (Phi) is 15.0. The van der Waals surface area contributed by atoms with E-state index >= 15 is 4.39 Å². The highest BCUT2D eigenvalue weighted by Gasteiger charge is 2.43. The number of rotatable bonds is 12. The summed E-state index contributed by atoms with van der Waals surface area (Å²) in [6.07, 6.45) is 2.88. The zero-order chi connectivity index (χ0) is 35.5. The fourth-order valence-corrected chi connectivity index (χ4v) is 6.65. The van der Waals surface area contributed by atoms with Crippen molar-refractivity contribution in [3.05, 3.63) is 98.8 Å². The lowest BCUT2D eigenvalue weighted by atomic mass is 9.89. The average molecular weight is 725 g/mol. The molecule has 3 aromatic carbocycles. The van der Waals surface area contributed by atoms with Crippen molar-refractivity contribution in [2.24, 2.45) is 11.3 Å². The molecule has 0 aromatic heterocycles. The number of ketones is 1. The molecule has 3 aromatic rings. The third kappa shape index (κ3) is 10.8. The molecule has 1 aliphatic carbocycles. The number of aliphatic hydroxyl groups is 1. The first-order valence-corrected chi connectivity index (χ1v) is 18.6. The Morgan fingerprint density at radius 2 is 1.73 bits per heavy atom. The minimum absolute atomic E-state index is 0.0516. The highest BCUT2D eigenvalue weighted by atomic mass is 35.5. The molecule has 1 unspecified atom stereocenters. The molecular formula is C36H44Cl2FNO7S. The summed E-state index contributed by atoms with van der Waals surface area (Å²) in [5.74, 6) is -1.12. The Morgan fingerprint density at radius 3 is 2.23 bits per heavy atom. The van der Waals surface area contributed by atoms with Gasteiger partial charge in [0.2, 0.25) is 6.41 Å². The van der Waals surface area contributed by atoms with Crippen LogP contribution in [0.15, 0.2) is 65.6 Å². The van der Waals surface area contributed by atoms with Gasteiger partial charge < -0.3 is 19.5 Å². The van der Waals surface area contributed by atoms with Crippen molar-refractivity contribution in [3.63, 3.8) is 0 Å². The normalized spacial score (nSPS) is 16.0. The third-order valence-corrected chi connectivity index (χ3v) is 9.92. The molecule has 262 valence electrons. The van der Waals surface area contributed by atoms with E-state index in [1.807, 2.05) is 44.2 Å². The molecule has 1 N–H and O–H groups in total. The zero-order valence-corrected chi connectivity index (χ0v) is 30.1. The van der Waals surface area contributed by atoms with Crippen molar-refractivity contribution in [2.75, 3.05) is 32.7 Å². The first kappa shape index (κ1) is 39.6. The van der Waals surface area contributed by atoms with E-state index in [-0.39, 0.29) is 58.1 Å². The number of carbonyl (C=O) groups is 2. The quantitative estimate of drug-likeness (QED) is 0.116. The van der Waals surface area contributed by atoms with Crippen LogP contribution in [0.3, 0.4) is 0 Å². The van der Waals surface area contributed by atoms with Crippen molar-refractivity contribution in [1.82, 2.24) is 4.90 Å². The maximum absolute atomic E-state index is 15.8. The highest BCUT2D eigenvalue weighted by Crippen LogP contribution is 2.46. The van der Waals surface area contributed by atoms with Gasteiger partial charge >= 0.3 is 0 Å². The monoisotopic (exact) mass is 723 g/mol. The van der Waals surface area contributed by atoms with Gasteiger partial charge in [0.05, 0.1) is 18.1 Å². The number of hydrogen-bond donors (Lipinski definition) is 1. The van der Waals surface area contributed by atoms with E-state index in [2.05, 4.69) is 0 Å². The van der Waals surface area contributed by atoms with Crippen LogP contribution in [0.5, 0.6) is 0 Å². The summed E-state index contributed by atoms with van der Waals surface area (Å²) in [4.78, 5) is 26.6. The largest absolute Gasteiger partial charge is 0.396 e. The molecule has 1 atom stereocenters. The van der Waals surface area contributed by atoms with Crippen LogP contribution in [-0.2, 0) is 30.7 Å². The second kappa shape index (κ2) is 18.2. The molecule has 2 aliphatic rings. The Labute approximate surface area is 293 Å². The molecule has 2 fully saturated rings. The smallest absolute Gasteiger partial charge is 0.212 e. The Morgan fingerprint density at radius 1 is 1.08 bits per heavy atom. The number of aryl methyl sites for hydroxylation is 1. The number of ether oxygens (including phenoxy) is 2. The van der Waals surface area contributed by atoms with Gasteiger partial charge in [-0.2, -0.15) is 0 Å². The standard InChI is InChI=1S/C28H33ClFNO7S.C6H5Cl.C2H6/c1-18-11-21(26(34)19-5-9-37-10-6-19)12-23(30)25(18)27(38-16-28(15-32)7-8-28)31(17-33)14-20-3-4-22(29)13-24(20)39(2,35)36;7-6-4-2-1-3-5-6;1-2/h3-4,11-13,17,19,27,32H,5-10,14-16H2,1-2H3;1-5H;1-2H3. The lowest BCUT2D eigenvalue weighted by Crippen LogP contribution is -2.33. The molecule has 1 amide bonds. The maximum Gasteiger partial charge on any atom is 0.212 e. The number of halogens is 3. The Balaban J connectivity index is 0.000000607. The predicted octanol–water partition coefficient (Wildman–Crippen LogP) is 7.61. The highest BCUT2D eigenvalue weighted by molar-refractivity contribution is 7.90. The Hall–Kier alpha value is -2.86. The van der Waals surface area contributed by atoms with Crippen LogP contribution in [0, 0.1) is 24.1 Å². The SMILES string of the molecule is CC.Cc1cc(C(=O)C2CCOCC2)cc(F)c1C(OCC1(CO)CC1)N(C=O)Cc1ccc(Cl)cc1S(C)(=O)=O.Clc1ccccc1. The van der Waals surface area contributed by atoms with Gasteiger partial charge in [-0.15, -0.1) is 0 Å². The van der Waals surface area contributed by atoms with Crippen molar-refractivity contribution in [1.29, 1.82) is 0 Å². The fourth-order valence-electron chi connectivity index (χ4n) is 5.32. The van der Waals surface area contributed by atoms with Gasteiger partial charge in [0.1, 0.15) is 5.82 Å². The summed E-state index contributed by atoms with van der Waals surface area (Å²) in [7, 11) is -3.69. The predicted molar refractivity (Wildman–Crippen MR) is 185 cm³/mol. The van der Waals surface area contributed by atoms with Gasteiger partial charge in [0, 0.05) is 58.5 Å². The number of Topliss-reactive ketones (excluding diaryl/α,β-unsaturated/α-hetero) is 1. The van der Waals surface area contributed by atoms with Gasteiger partial charge in [-0.1, -0.05) is 61.3 Å². The van der Waals surface area contributed by atoms with Crippen LogP contribution in [0.4, 0.5) is 4.39 Å². The summed E-state index contributed by atoms with van der Waals surface area (Å²) in [5.41, 5.74) is 0.539. The van der Waals surface area contributed by atoms with Gasteiger partial charge in [0.15, 0.2) is 21.8 Å². The lowest BCUT2D eigenvalue weighted by molar-refractivity contribution is -0.138. The van der Waals surface area contributed by atoms with Crippen molar-refractivity contribution in [2.45, 2.75) is 64.1 Å². The van der Waals surface area contributed by atoms with Crippen molar-refractivity contribution >= 4 is 45.2 Å². The number of hydrogen-bond acceptors (Lipinski definition) is 7. The van der Waals surface area contributed by atoms with Crippen LogP contribution in [0.2, 0.25) is 10.0 Å². The van der Waals surface area contributed by atoms with Gasteiger partial charge in [-0.05, 0) is 80.1 Å². The van der Waals surface area contributed by atoms with E-state index in [4.69, 9.17) is 32.7 Å². The zero-order valence-electron chi connectivity index (χ0n) is 27.8. The number of carbonyl (C=O) groups excluding carboxylic acids is 2. The first-order chi connectivity index (χ1) is 22.9. The molecule has 1 saturated heterocycles. The average Bonchev–Trinajstić information content (AvgIpc) is 3.87. The van der Waals surface area contributed by atoms with Crippen LogP contribution in [0.1, 0.15) is 72.8 Å². The van der Waals surface area contributed by atoms with Gasteiger partial charge in [-0.3, -0.25) is 9.59 Å².